The molecule has 0 saturated heterocycles. The minimum Gasteiger partial charge on any atom is -0.333 e. The third kappa shape index (κ3) is 4.23. The lowest BCUT2D eigenvalue weighted by atomic mass is 10.1. The van der Waals surface area contributed by atoms with E-state index in [2.05, 4.69) is 11.4 Å². The predicted octanol–water partition coefficient (Wildman–Crippen LogP) is 3.08. The molecule has 0 bridgehead atoms. The number of thiophene rings is 1. The number of hydrogen-bond acceptors (Lipinski definition) is 2. The molecule has 1 aromatic heterocycles. The summed E-state index contributed by atoms with van der Waals surface area (Å²) in [5.74, 6) is 0. The van der Waals surface area contributed by atoms with E-state index < -0.39 is 0 Å². The summed E-state index contributed by atoms with van der Waals surface area (Å²) in [7, 11) is 0. The number of rotatable bonds is 3. The fraction of sp³-hybridized carbons (Fsp3) is 0.583. The van der Waals surface area contributed by atoms with Crippen LogP contribution in [0.15, 0.2) is 17.5 Å². The summed E-state index contributed by atoms with van der Waals surface area (Å²) < 4.78 is 0. The first-order valence-corrected chi connectivity index (χ1v) is 6.40. The van der Waals surface area contributed by atoms with Crippen molar-refractivity contribution < 1.29 is 4.79 Å². The van der Waals surface area contributed by atoms with Crippen molar-refractivity contribution >= 4 is 17.4 Å². The minimum atomic E-state index is -0.181. The lowest BCUT2D eigenvalue weighted by molar-refractivity contribution is 0.189. The molecular weight excluding hydrogens is 220 g/mol. The van der Waals surface area contributed by atoms with Gasteiger partial charge in [-0.1, -0.05) is 6.07 Å². The maximum absolute atomic E-state index is 11.9. The van der Waals surface area contributed by atoms with Crippen LogP contribution >= 0.6 is 11.3 Å². The van der Waals surface area contributed by atoms with E-state index >= 15 is 0 Å². The first-order valence-electron chi connectivity index (χ1n) is 5.52. The lowest BCUT2D eigenvalue weighted by Crippen LogP contribution is -2.48. The Hall–Kier alpha value is -1.03. The van der Waals surface area contributed by atoms with Crippen LogP contribution in [0, 0.1) is 0 Å². The molecule has 3 nitrogen and oxygen atoms in total. The van der Waals surface area contributed by atoms with E-state index in [1.807, 2.05) is 44.0 Å². The molecule has 0 radical (unpaired) electrons. The van der Waals surface area contributed by atoms with Gasteiger partial charge in [0.15, 0.2) is 0 Å². The molecule has 0 aliphatic rings. The van der Waals surface area contributed by atoms with Gasteiger partial charge in [-0.2, -0.15) is 0 Å². The highest BCUT2D eigenvalue weighted by molar-refractivity contribution is 7.09. The minimum absolute atomic E-state index is 0.00315. The number of amides is 2. The van der Waals surface area contributed by atoms with Gasteiger partial charge in [-0.15, -0.1) is 11.3 Å². The van der Waals surface area contributed by atoms with Gasteiger partial charge in [0, 0.05) is 17.0 Å². The first-order chi connectivity index (χ1) is 7.42. The Morgan fingerprint density at radius 2 is 2.19 bits per heavy atom. The predicted molar refractivity (Wildman–Crippen MR) is 68.7 cm³/mol. The highest BCUT2D eigenvalue weighted by Crippen LogP contribution is 2.12. The number of urea groups is 1. The zero-order valence-corrected chi connectivity index (χ0v) is 11.2. The van der Waals surface area contributed by atoms with Gasteiger partial charge in [-0.3, -0.25) is 0 Å². The average Bonchev–Trinajstić information content (AvgIpc) is 2.63. The zero-order valence-electron chi connectivity index (χ0n) is 10.4. The molecule has 0 aliphatic heterocycles. The Kier molecular flexibility index (Phi) is 4.35. The summed E-state index contributed by atoms with van der Waals surface area (Å²) in [4.78, 5) is 15.0. The number of carbonyl (C=O) groups is 1. The van der Waals surface area contributed by atoms with E-state index in [0.717, 1.165) is 6.54 Å². The third-order valence-corrected chi connectivity index (χ3v) is 2.94. The Morgan fingerprint density at radius 1 is 1.50 bits per heavy atom. The monoisotopic (exact) mass is 240 g/mol. The second kappa shape index (κ2) is 5.34. The summed E-state index contributed by atoms with van der Waals surface area (Å²) >= 11 is 1.68. The molecule has 4 heteroatoms. The van der Waals surface area contributed by atoms with Crippen molar-refractivity contribution in [3.8, 4) is 0 Å². The molecule has 0 fully saturated rings. The molecule has 0 spiro atoms. The van der Waals surface area contributed by atoms with Crippen LogP contribution in [0.4, 0.5) is 4.79 Å². The Bertz CT molecular complexity index is 327. The van der Waals surface area contributed by atoms with Crippen LogP contribution in [0.1, 0.15) is 32.6 Å². The topological polar surface area (TPSA) is 32.3 Å². The second-order valence-corrected chi connectivity index (χ2v) is 5.81. The van der Waals surface area contributed by atoms with Gasteiger partial charge in [-0.25, -0.2) is 4.79 Å². The molecule has 1 heterocycles. The van der Waals surface area contributed by atoms with Gasteiger partial charge < -0.3 is 10.2 Å². The molecule has 0 aromatic carbocycles. The molecule has 0 unspecified atom stereocenters. The zero-order chi connectivity index (χ0) is 12.2. The molecule has 90 valence electrons. The maximum Gasteiger partial charge on any atom is 0.318 e. The molecule has 1 rings (SSSR count). The van der Waals surface area contributed by atoms with E-state index in [0.29, 0.717) is 6.54 Å². The number of nitrogens with zero attached hydrogens (tertiary/aromatic N) is 1. The van der Waals surface area contributed by atoms with E-state index in [1.54, 1.807) is 11.3 Å². The largest absolute Gasteiger partial charge is 0.333 e. The van der Waals surface area contributed by atoms with Crippen LogP contribution in [-0.4, -0.2) is 23.0 Å². The standard InChI is InChI=1S/C12H20N2OS/c1-5-14(9-10-7-6-8-16-10)11(15)13-12(2,3)4/h6-8H,5,9H2,1-4H3,(H,13,15). The summed E-state index contributed by atoms with van der Waals surface area (Å²) in [6.45, 7) is 9.38. The van der Waals surface area contributed by atoms with Crippen LogP contribution in [0.25, 0.3) is 0 Å². The summed E-state index contributed by atoms with van der Waals surface area (Å²) in [5, 5.41) is 5.01. The van der Waals surface area contributed by atoms with Crippen LogP contribution in [-0.2, 0) is 6.54 Å². The second-order valence-electron chi connectivity index (χ2n) is 4.77. The molecule has 16 heavy (non-hydrogen) atoms. The lowest BCUT2D eigenvalue weighted by Gasteiger charge is -2.27. The summed E-state index contributed by atoms with van der Waals surface area (Å²) in [6, 6.07) is 4.07. The van der Waals surface area contributed by atoms with Gasteiger partial charge >= 0.3 is 6.03 Å². The molecule has 0 saturated carbocycles. The Labute approximate surface area is 101 Å². The van der Waals surface area contributed by atoms with Crippen molar-refractivity contribution in [3.05, 3.63) is 22.4 Å². The van der Waals surface area contributed by atoms with Crippen molar-refractivity contribution in [2.24, 2.45) is 0 Å². The van der Waals surface area contributed by atoms with Crippen molar-refractivity contribution in [2.45, 2.75) is 39.8 Å². The fourth-order valence-corrected chi connectivity index (χ4v) is 2.04. The third-order valence-electron chi connectivity index (χ3n) is 2.08. The van der Waals surface area contributed by atoms with E-state index in [1.165, 1.54) is 4.88 Å². The SMILES string of the molecule is CCN(Cc1cccs1)C(=O)NC(C)(C)C. The van der Waals surface area contributed by atoms with Gasteiger partial charge in [-0.05, 0) is 39.1 Å². The maximum atomic E-state index is 11.9. The molecule has 0 atom stereocenters. The summed E-state index contributed by atoms with van der Waals surface area (Å²) in [5.41, 5.74) is -0.181. The van der Waals surface area contributed by atoms with Crippen LogP contribution in [0.5, 0.6) is 0 Å². The Balaban J connectivity index is 2.57. The fourth-order valence-electron chi connectivity index (χ4n) is 1.32. The molecule has 0 aliphatic carbocycles. The molecule has 1 aromatic rings. The van der Waals surface area contributed by atoms with Crippen molar-refractivity contribution in [1.29, 1.82) is 0 Å². The van der Waals surface area contributed by atoms with Gasteiger partial charge in [0.1, 0.15) is 0 Å². The van der Waals surface area contributed by atoms with E-state index in [4.69, 9.17) is 0 Å². The van der Waals surface area contributed by atoms with Crippen LogP contribution < -0.4 is 5.32 Å². The smallest absolute Gasteiger partial charge is 0.318 e. The molecule has 1 N–H and O–H groups in total. The van der Waals surface area contributed by atoms with Crippen LogP contribution in [0.3, 0.4) is 0 Å². The van der Waals surface area contributed by atoms with Crippen molar-refractivity contribution in [2.75, 3.05) is 6.54 Å². The number of carbonyl (C=O) groups excluding carboxylic acids is 1. The molecule has 2 amide bonds. The van der Waals surface area contributed by atoms with Gasteiger partial charge in [0.25, 0.3) is 0 Å². The van der Waals surface area contributed by atoms with Crippen molar-refractivity contribution in [3.63, 3.8) is 0 Å². The summed E-state index contributed by atoms with van der Waals surface area (Å²) in [6.07, 6.45) is 0. The average molecular weight is 240 g/mol. The van der Waals surface area contributed by atoms with Gasteiger partial charge in [0.2, 0.25) is 0 Å². The number of hydrogen-bond donors (Lipinski definition) is 1. The quantitative estimate of drug-likeness (QED) is 0.865. The highest BCUT2D eigenvalue weighted by atomic mass is 32.1. The number of nitrogens with one attached hydrogen (secondary N) is 1. The highest BCUT2D eigenvalue weighted by Gasteiger charge is 2.18. The van der Waals surface area contributed by atoms with Crippen LogP contribution in [0.2, 0.25) is 0 Å². The van der Waals surface area contributed by atoms with Gasteiger partial charge in [0.05, 0.1) is 6.54 Å². The first kappa shape index (κ1) is 13.0. The molecular formula is C12H20N2OS. The van der Waals surface area contributed by atoms with E-state index in [-0.39, 0.29) is 11.6 Å². The van der Waals surface area contributed by atoms with Crippen molar-refractivity contribution in [1.82, 2.24) is 10.2 Å². The normalized spacial score (nSPS) is 11.2. The van der Waals surface area contributed by atoms with E-state index in [9.17, 15) is 4.79 Å². The Morgan fingerprint density at radius 3 is 2.62 bits per heavy atom.